The third-order valence-electron chi connectivity index (χ3n) is 3.93. The van der Waals surface area contributed by atoms with Gasteiger partial charge in [0.15, 0.2) is 0 Å². The van der Waals surface area contributed by atoms with Crippen molar-refractivity contribution >= 4 is 11.9 Å². The number of methoxy groups -OCH3 is 1. The summed E-state index contributed by atoms with van der Waals surface area (Å²) in [5.41, 5.74) is -0.640. The number of amides is 1. The normalized spacial score (nSPS) is 25.1. The lowest BCUT2D eigenvalue weighted by Gasteiger charge is -2.35. The maximum absolute atomic E-state index is 11.9. The monoisotopic (exact) mass is 292 g/mol. The van der Waals surface area contributed by atoms with Crippen LogP contribution in [0.25, 0.3) is 0 Å². The van der Waals surface area contributed by atoms with Crippen LogP contribution in [0.1, 0.15) is 36.2 Å². The lowest BCUT2D eigenvalue weighted by molar-refractivity contribution is -0.148. The molecule has 1 saturated carbocycles. The number of nitrogens with zero attached hydrogens (tertiary/aromatic N) is 1. The number of ether oxygens (including phenoxy) is 1. The summed E-state index contributed by atoms with van der Waals surface area (Å²) in [6, 6.07) is 5.09. The van der Waals surface area contributed by atoms with Gasteiger partial charge in [-0.1, -0.05) is 6.07 Å². The second-order valence-corrected chi connectivity index (χ2v) is 5.42. The molecule has 0 bridgehead atoms. The van der Waals surface area contributed by atoms with Gasteiger partial charge in [-0.3, -0.25) is 14.6 Å². The van der Waals surface area contributed by atoms with E-state index in [9.17, 15) is 14.7 Å². The highest BCUT2D eigenvalue weighted by Crippen LogP contribution is 2.32. The van der Waals surface area contributed by atoms with E-state index in [1.165, 1.54) is 7.11 Å². The molecule has 1 amide bonds. The SMILES string of the molecule is COC(=O)C1CCC(O)(CNC(=O)c2ccccn2)CC1. The van der Waals surface area contributed by atoms with Gasteiger partial charge >= 0.3 is 5.97 Å². The Balaban J connectivity index is 1.84. The number of aromatic nitrogens is 1. The number of esters is 1. The van der Waals surface area contributed by atoms with Crippen LogP contribution >= 0.6 is 0 Å². The Morgan fingerprint density at radius 3 is 2.71 bits per heavy atom. The molecule has 2 N–H and O–H groups in total. The van der Waals surface area contributed by atoms with E-state index in [0.717, 1.165) is 0 Å². The zero-order chi connectivity index (χ0) is 15.3. The molecule has 1 aromatic heterocycles. The Hall–Kier alpha value is -1.95. The average Bonchev–Trinajstić information content (AvgIpc) is 2.53. The fourth-order valence-electron chi connectivity index (χ4n) is 2.57. The Morgan fingerprint density at radius 1 is 1.43 bits per heavy atom. The predicted octanol–water partition coefficient (Wildman–Crippen LogP) is 0.906. The van der Waals surface area contributed by atoms with Gasteiger partial charge in [0.1, 0.15) is 5.69 Å². The van der Waals surface area contributed by atoms with Gasteiger partial charge in [0.05, 0.1) is 18.6 Å². The number of pyridine rings is 1. The third-order valence-corrected chi connectivity index (χ3v) is 3.93. The highest BCUT2D eigenvalue weighted by atomic mass is 16.5. The van der Waals surface area contributed by atoms with Crippen molar-refractivity contribution in [3.05, 3.63) is 30.1 Å². The molecular formula is C15H20N2O4. The molecule has 1 heterocycles. The van der Waals surface area contributed by atoms with Crippen LogP contribution in [0.5, 0.6) is 0 Å². The summed E-state index contributed by atoms with van der Waals surface area (Å²) in [5.74, 6) is -0.685. The van der Waals surface area contributed by atoms with Crippen molar-refractivity contribution < 1.29 is 19.4 Å². The van der Waals surface area contributed by atoms with Crippen LogP contribution in [-0.2, 0) is 9.53 Å². The molecule has 0 unspecified atom stereocenters. The van der Waals surface area contributed by atoms with E-state index in [-0.39, 0.29) is 24.3 Å². The molecule has 0 spiro atoms. The topological polar surface area (TPSA) is 88.5 Å². The van der Waals surface area contributed by atoms with E-state index in [0.29, 0.717) is 31.4 Å². The van der Waals surface area contributed by atoms with Gasteiger partial charge in [0.25, 0.3) is 5.91 Å². The molecule has 1 aliphatic rings. The van der Waals surface area contributed by atoms with Gasteiger partial charge in [-0.05, 0) is 37.8 Å². The van der Waals surface area contributed by atoms with Crippen molar-refractivity contribution in [2.24, 2.45) is 5.92 Å². The first-order valence-electron chi connectivity index (χ1n) is 7.03. The minimum atomic E-state index is -0.963. The van der Waals surface area contributed by atoms with Crippen LogP contribution in [0.3, 0.4) is 0 Å². The molecule has 114 valence electrons. The standard InChI is InChI=1S/C15H20N2O4/c1-21-14(19)11-5-7-15(20,8-6-11)10-17-13(18)12-4-2-3-9-16-12/h2-4,9,11,20H,5-8,10H2,1H3,(H,17,18). The second-order valence-electron chi connectivity index (χ2n) is 5.42. The highest BCUT2D eigenvalue weighted by molar-refractivity contribution is 5.92. The van der Waals surface area contributed by atoms with Crippen molar-refractivity contribution in [2.75, 3.05) is 13.7 Å². The van der Waals surface area contributed by atoms with E-state index in [1.807, 2.05) is 0 Å². The van der Waals surface area contributed by atoms with Gasteiger partial charge in [-0.25, -0.2) is 0 Å². The molecule has 0 saturated heterocycles. The zero-order valence-corrected chi connectivity index (χ0v) is 12.0. The number of carbonyl (C=O) groups excluding carboxylic acids is 2. The zero-order valence-electron chi connectivity index (χ0n) is 12.0. The lowest BCUT2D eigenvalue weighted by atomic mass is 9.79. The van der Waals surface area contributed by atoms with E-state index in [4.69, 9.17) is 4.74 Å². The van der Waals surface area contributed by atoms with Crippen molar-refractivity contribution in [3.8, 4) is 0 Å². The number of rotatable bonds is 4. The fourth-order valence-corrected chi connectivity index (χ4v) is 2.57. The Kier molecular flexibility index (Phi) is 4.90. The molecule has 1 aliphatic carbocycles. The van der Waals surface area contributed by atoms with Gasteiger partial charge in [0.2, 0.25) is 0 Å². The van der Waals surface area contributed by atoms with Crippen molar-refractivity contribution in [1.82, 2.24) is 10.3 Å². The van der Waals surface area contributed by atoms with E-state index < -0.39 is 5.60 Å². The molecule has 6 nitrogen and oxygen atoms in total. The fraction of sp³-hybridized carbons (Fsp3) is 0.533. The lowest BCUT2D eigenvalue weighted by Crippen LogP contribution is -2.46. The number of nitrogens with one attached hydrogen (secondary N) is 1. The van der Waals surface area contributed by atoms with Crippen LogP contribution in [0.2, 0.25) is 0 Å². The molecule has 1 fully saturated rings. The van der Waals surface area contributed by atoms with Gasteiger partial charge in [-0.15, -0.1) is 0 Å². The number of hydrogen-bond donors (Lipinski definition) is 2. The summed E-state index contributed by atoms with van der Waals surface area (Å²) in [6.45, 7) is 0.163. The van der Waals surface area contributed by atoms with E-state index in [2.05, 4.69) is 10.3 Å². The summed E-state index contributed by atoms with van der Waals surface area (Å²) < 4.78 is 4.72. The maximum atomic E-state index is 11.9. The van der Waals surface area contributed by atoms with Crippen LogP contribution in [0, 0.1) is 5.92 Å². The summed E-state index contributed by atoms with van der Waals surface area (Å²) in [6.07, 6.45) is 3.63. The minimum Gasteiger partial charge on any atom is -0.469 e. The smallest absolute Gasteiger partial charge is 0.308 e. The van der Waals surface area contributed by atoms with Crippen LogP contribution in [-0.4, -0.2) is 41.2 Å². The number of aliphatic hydroxyl groups is 1. The third kappa shape index (κ3) is 4.01. The summed E-state index contributed by atoms with van der Waals surface area (Å²) >= 11 is 0. The number of carbonyl (C=O) groups is 2. The largest absolute Gasteiger partial charge is 0.469 e. The molecule has 0 aromatic carbocycles. The van der Waals surface area contributed by atoms with E-state index >= 15 is 0 Å². The average molecular weight is 292 g/mol. The predicted molar refractivity (Wildman–Crippen MR) is 75.5 cm³/mol. The molecule has 6 heteroatoms. The molecule has 0 atom stereocenters. The van der Waals surface area contributed by atoms with Crippen molar-refractivity contribution in [2.45, 2.75) is 31.3 Å². The Bertz CT molecular complexity index is 496. The highest BCUT2D eigenvalue weighted by Gasteiger charge is 2.36. The second kappa shape index (κ2) is 6.67. The molecule has 2 rings (SSSR count). The first-order chi connectivity index (χ1) is 10.0. The number of hydrogen-bond acceptors (Lipinski definition) is 5. The van der Waals surface area contributed by atoms with Gasteiger partial charge < -0.3 is 15.2 Å². The van der Waals surface area contributed by atoms with Crippen LogP contribution in [0.4, 0.5) is 0 Å². The summed E-state index contributed by atoms with van der Waals surface area (Å²) in [7, 11) is 1.37. The van der Waals surface area contributed by atoms with Crippen LogP contribution < -0.4 is 5.32 Å². The van der Waals surface area contributed by atoms with Crippen molar-refractivity contribution in [1.29, 1.82) is 0 Å². The van der Waals surface area contributed by atoms with Gasteiger partial charge in [-0.2, -0.15) is 0 Å². The molecule has 21 heavy (non-hydrogen) atoms. The Labute approximate surface area is 123 Å². The molecule has 1 aromatic rings. The molecule has 0 radical (unpaired) electrons. The maximum Gasteiger partial charge on any atom is 0.308 e. The minimum absolute atomic E-state index is 0.151. The van der Waals surface area contributed by atoms with Gasteiger partial charge in [0, 0.05) is 12.7 Å². The quantitative estimate of drug-likeness (QED) is 0.805. The first kappa shape index (κ1) is 15.4. The summed E-state index contributed by atoms with van der Waals surface area (Å²) in [4.78, 5) is 27.3. The molecule has 0 aliphatic heterocycles. The van der Waals surface area contributed by atoms with Crippen molar-refractivity contribution in [3.63, 3.8) is 0 Å². The molecular weight excluding hydrogens is 272 g/mol. The summed E-state index contributed by atoms with van der Waals surface area (Å²) in [5, 5.41) is 13.2. The van der Waals surface area contributed by atoms with Crippen LogP contribution in [0.15, 0.2) is 24.4 Å². The van der Waals surface area contributed by atoms with E-state index in [1.54, 1.807) is 24.4 Å². The Morgan fingerprint density at radius 2 is 2.14 bits per heavy atom. The first-order valence-corrected chi connectivity index (χ1v) is 7.03.